The van der Waals surface area contributed by atoms with Gasteiger partial charge in [0.2, 0.25) is 5.95 Å². The zero-order valence-electron chi connectivity index (χ0n) is 17.7. The van der Waals surface area contributed by atoms with E-state index < -0.39 is 0 Å². The molecule has 0 aliphatic heterocycles. The van der Waals surface area contributed by atoms with Crippen LogP contribution in [0.25, 0.3) is 0 Å². The summed E-state index contributed by atoms with van der Waals surface area (Å²) in [6, 6.07) is 25.2. The summed E-state index contributed by atoms with van der Waals surface area (Å²) in [4.78, 5) is 14.2. The molecule has 0 saturated carbocycles. The molecule has 0 atom stereocenters. The van der Waals surface area contributed by atoms with Crippen molar-refractivity contribution in [1.82, 2.24) is 15.0 Å². The van der Waals surface area contributed by atoms with Crippen LogP contribution in [-0.4, -0.2) is 15.0 Å². The zero-order chi connectivity index (χ0) is 20.9. The van der Waals surface area contributed by atoms with Gasteiger partial charge in [-0.15, -0.1) is 0 Å². The van der Waals surface area contributed by atoms with E-state index in [1.807, 2.05) is 12.1 Å². The number of anilines is 2. The van der Waals surface area contributed by atoms with Gasteiger partial charge in [0.25, 0.3) is 0 Å². The minimum absolute atomic E-state index is 0.584. The van der Waals surface area contributed by atoms with Crippen molar-refractivity contribution in [2.75, 3.05) is 5.32 Å². The summed E-state index contributed by atoms with van der Waals surface area (Å²) < 4.78 is 0. The molecule has 0 bridgehead atoms. The SMILES string of the molecule is Cc1ccc(Cc2nc(Cc3cccc(C)c3)nc(Nc3cccc(C)c3)n2)cc1. The number of benzene rings is 3. The fraction of sp³-hybridized carbons (Fsp3) is 0.192. The van der Waals surface area contributed by atoms with Crippen molar-refractivity contribution in [3.05, 3.63) is 112 Å². The minimum Gasteiger partial charge on any atom is -0.324 e. The van der Waals surface area contributed by atoms with E-state index in [2.05, 4.69) is 86.8 Å². The molecule has 4 rings (SSSR count). The van der Waals surface area contributed by atoms with E-state index in [9.17, 15) is 0 Å². The number of hydrogen-bond acceptors (Lipinski definition) is 4. The fourth-order valence-corrected chi connectivity index (χ4v) is 3.43. The van der Waals surface area contributed by atoms with Gasteiger partial charge in [-0.3, -0.25) is 0 Å². The first-order valence-electron chi connectivity index (χ1n) is 10.2. The highest BCUT2D eigenvalue weighted by molar-refractivity contribution is 5.54. The van der Waals surface area contributed by atoms with Crippen molar-refractivity contribution < 1.29 is 0 Å². The van der Waals surface area contributed by atoms with Crippen molar-refractivity contribution in [3.63, 3.8) is 0 Å². The monoisotopic (exact) mass is 394 g/mol. The van der Waals surface area contributed by atoms with E-state index >= 15 is 0 Å². The Morgan fingerprint density at radius 3 is 1.90 bits per heavy atom. The van der Waals surface area contributed by atoms with Crippen molar-refractivity contribution in [1.29, 1.82) is 0 Å². The van der Waals surface area contributed by atoms with Crippen LogP contribution in [0.1, 0.15) is 39.5 Å². The normalized spacial score (nSPS) is 10.8. The average Bonchev–Trinajstić information content (AvgIpc) is 2.70. The van der Waals surface area contributed by atoms with Crippen LogP contribution in [-0.2, 0) is 12.8 Å². The van der Waals surface area contributed by atoms with Crippen molar-refractivity contribution in [2.24, 2.45) is 0 Å². The van der Waals surface area contributed by atoms with Gasteiger partial charge in [-0.2, -0.15) is 9.97 Å². The highest BCUT2D eigenvalue weighted by Crippen LogP contribution is 2.17. The molecule has 3 aromatic carbocycles. The Kier molecular flexibility index (Phi) is 5.84. The van der Waals surface area contributed by atoms with Gasteiger partial charge in [0, 0.05) is 18.5 Å². The maximum absolute atomic E-state index is 4.77. The maximum Gasteiger partial charge on any atom is 0.230 e. The number of rotatable bonds is 6. The zero-order valence-corrected chi connectivity index (χ0v) is 17.7. The third kappa shape index (κ3) is 5.29. The van der Waals surface area contributed by atoms with E-state index in [4.69, 9.17) is 15.0 Å². The lowest BCUT2D eigenvalue weighted by Gasteiger charge is -2.10. The summed E-state index contributed by atoms with van der Waals surface area (Å²) in [5.41, 5.74) is 7.03. The molecule has 0 aliphatic carbocycles. The lowest BCUT2D eigenvalue weighted by Crippen LogP contribution is -2.09. The molecule has 1 aromatic heterocycles. The summed E-state index contributed by atoms with van der Waals surface area (Å²) in [6.07, 6.45) is 1.35. The lowest BCUT2D eigenvalue weighted by molar-refractivity contribution is 0.856. The summed E-state index contributed by atoms with van der Waals surface area (Å²) >= 11 is 0. The van der Waals surface area contributed by atoms with Crippen LogP contribution >= 0.6 is 0 Å². The summed E-state index contributed by atoms with van der Waals surface area (Å²) in [7, 11) is 0. The molecule has 0 aliphatic rings. The van der Waals surface area contributed by atoms with Crippen LogP contribution < -0.4 is 5.32 Å². The molecule has 0 amide bonds. The van der Waals surface area contributed by atoms with Gasteiger partial charge in [-0.1, -0.05) is 71.8 Å². The Morgan fingerprint density at radius 2 is 1.23 bits per heavy atom. The molecule has 0 radical (unpaired) electrons. The Labute approximate surface area is 178 Å². The summed E-state index contributed by atoms with van der Waals surface area (Å²) in [5.74, 6) is 2.12. The highest BCUT2D eigenvalue weighted by atomic mass is 15.2. The molecule has 0 spiro atoms. The van der Waals surface area contributed by atoms with Gasteiger partial charge >= 0.3 is 0 Å². The van der Waals surface area contributed by atoms with Crippen molar-refractivity contribution >= 4 is 11.6 Å². The molecule has 30 heavy (non-hydrogen) atoms. The molecule has 4 nitrogen and oxygen atoms in total. The van der Waals surface area contributed by atoms with E-state index in [1.165, 1.54) is 27.8 Å². The van der Waals surface area contributed by atoms with Crippen LogP contribution in [0.4, 0.5) is 11.6 Å². The summed E-state index contributed by atoms with van der Waals surface area (Å²) in [6.45, 7) is 6.27. The van der Waals surface area contributed by atoms with Gasteiger partial charge in [0.15, 0.2) is 0 Å². The number of aryl methyl sites for hydroxylation is 3. The van der Waals surface area contributed by atoms with Gasteiger partial charge in [-0.05, 0) is 49.6 Å². The van der Waals surface area contributed by atoms with Crippen molar-refractivity contribution in [3.8, 4) is 0 Å². The van der Waals surface area contributed by atoms with Crippen LogP contribution in [0.15, 0.2) is 72.8 Å². The predicted molar refractivity (Wildman–Crippen MR) is 122 cm³/mol. The first-order valence-corrected chi connectivity index (χ1v) is 10.2. The average molecular weight is 395 g/mol. The maximum atomic E-state index is 4.77. The second-order valence-electron chi connectivity index (χ2n) is 7.81. The highest BCUT2D eigenvalue weighted by Gasteiger charge is 2.09. The molecule has 1 heterocycles. The van der Waals surface area contributed by atoms with Crippen LogP contribution in [0.5, 0.6) is 0 Å². The molecule has 1 N–H and O–H groups in total. The van der Waals surface area contributed by atoms with Gasteiger partial charge in [-0.25, -0.2) is 4.98 Å². The first kappa shape index (κ1) is 19.8. The third-order valence-electron chi connectivity index (χ3n) is 4.93. The van der Waals surface area contributed by atoms with Crippen molar-refractivity contribution in [2.45, 2.75) is 33.6 Å². The molecular weight excluding hydrogens is 368 g/mol. The van der Waals surface area contributed by atoms with Gasteiger partial charge in [0.1, 0.15) is 11.6 Å². The Hall–Kier alpha value is -3.53. The van der Waals surface area contributed by atoms with Crippen LogP contribution in [0.3, 0.4) is 0 Å². The lowest BCUT2D eigenvalue weighted by atomic mass is 10.1. The largest absolute Gasteiger partial charge is 0.324 e. The second kappa shape index (κ2) is 8.87. The number of hydrogen-bond donors (Lipinski definition) is 1. The van der Waals surface area contributed by atoms with Gasteiger partial charge in [0.05, 0.1) is 0 Å². The Bertz CT molecular complexity index is 1080. The smallest absolute Gasteiger partial charge is 0.230 e. The van der Waals surface area contributed by atoms with Crippen LogP contribution in [0.2, 0.25) is 0 Å². The van der Waals surface area contributed by atoms with E-state index in [-0.39, 0.29) is 0 Å². The van der Waals surface area contributed by atoms with E-state index in [1.54, 1.807) is 0 Å². The molecule has 150 valence electrons. The number of nitrogens with one attached hydrogen (secondary N) is 1. The van der Waals surface area contributed by atoms with E-state index in [0.29, 0.717) is 18.8 Å². The first-order chi connectivity index (χ1) is 14.5. The Morgan fingerprint density at radius 1 is 0.600 bits per heavy atom. The topological polar surface area (TPSA) is 50.7 Å². The molecule has 0 unspecified atom stereocenters. The quantitative estimate of drug-likeness (QED) is 0.454. The predicted octanol–water partition coefficient (Wildman–Crippen LogP) is 5.72. The minimum atomic E-state index is 0.584. The molecular formula is C26H26N4. The number of nitrogens with zero attached hydrogens (tertiary/aromatic N) is 3. The Balaban J connectivity index is 1.66. The molecule has 4 heteroatoms. The van der Waals surface area contributed by atoms with E-state index in [0.717, 1.165) is 17.3 Å². The molecule has 0 saturated heterocycles. The molecule has 4 aromatic rings. The van der Waals surface area contributed by atoms with Crippen LogP contribution in [0, 0.1) is 20.8 Å². The summed E-state index contributed by atoms with van der Waals surface area (Å²) in [5, 5.41) is 3.36. The molecule has 0 fully saturated rings. The fourth-order valence-electron chi connectivity index (χ4n) is 3.43. The van der Waals surface area contributed by atoms with Gasteiger partial charge < -0.3 is 5.32 Å². The second-order valence-corrected chi connectivity index (χ2v) is 7.81. The standard InChI is InChI=1S/C26H26N4/c1-18-10-12-21(13-11-18)16-24-28-25(17-22-8-4-6-19(2)14-22)30-26(29-24)27-23-9-5-7-20(3)15-23/h4-15H,16-17H2,1-3H3,(H,27,28,29,30). The third-order valence-corrected chi connectivity index (χ3v) is 4.93. The number of aromatic nitrogens is 3.